The zero-order valence-corrected chi connectivity index (χ0v) is 12.3. The monoisotopic (exact) mass is 259 g/mol. The van der Waals surface area contributed by atoms with Gasteiger partial charge < -0.3 is 14.4 Å². The first kappa shape index (κ1) is 16.7. The standard InChI is InChI=1S/C13H25NO4/c1-7-17-11(15)8-9-14(10(2)3)12(16)18-13(4,5)6/h10H,7-9H2,1-6H3. The van der Waals surface area contributed by atoms with E-state index < -0.39 is 11.7 Å². The third-order valence-corrected chi connectivity index (χ3v) is 2.11. The minimum Gasteiger partial charge on any atom is -0.466 e. The van der Waals surface area contributed by atoms with Gasteiger partial charge in [0.05, 0.1) is 13.0 Å². The number of esters is 1. The highest BCUT2D eigenvalue weighted by molar-refractivity contribution is 5.72. The third-order valence-electron chi connectivity index (χ3n) is 2.11. The molecule has 0 aliphatic heterocycles. The molecule has 0 heterocycles. The van der Waals surface area contributed by atoms with Crippen LogP contribution in [0.1, 0.15) is 48.0 Å². The highest BCUT2D eigenvalue weighted by Gasteiger charge is 2.24. The average molecular weight is 259 g/mol. The number of nitrogens with zero attached hydrogens (tertiary/aromatic N) is 1. The number of hydrogen-bond acceptors (Lipinski definition) is 4. The second-order valence-corrected chi connectivity index (χ2v) is 5.32. The molecule has 0 aromatic carbocycles. The van der Waals surface area contributed by atoms with Gasteiger partial charge in [-0.05, 0) is 41.5 Å². The Morgan fingerprint density at radius 1 is 1.22 bits per heavy atom. The lowest BCUT2D eigenvalue weighted by Gasteiger charge is -2.29. The largest absolute Gasteiger partial charge is 0.466 e. The highest BCUT2D eigenvalue weighted by atomic mass is 16.6. The van der Waals surface area contributed by atoms with Crippen LogP contribution in [-0.4, -0.2) is 41.8 Å². The van der Waals surface area contributed by atoms with Gasteiger partial charge >= 0.3 is 12.1 Å². The Hall–Kier alpha value is -1.26. The van der Waals surface area contributed by atoms with Crippen molar-refractivity contribution in [2.45, 2.75) is 59.6 Å². The normalized spacial score (nSPS) is 11.3. The summed E-state index contributed by atoms with van der Waals surface area (Å²) >= 11 is 0. The summed E-state index contributed by atoms with van der Waals surface area (Å²) in [6.45, 7) is 11.6. The van der Waals surface area contributed by atoms with Crippen molar-refractivity contribution in [3.05, 3.63) is 0 Å². The minimum atomic E-state index is -0.534. The Labute approximate surface area is 109 Å². The fourth-order valence-electron chi connectivity index (χ4n) is 1.33. The molecule has 0 aliphatic carbocycles. The highest BCUT2D eigenvalue weighted by Crippen LogP contribution is 2.12. The summed E-state index contributed by atoms with van der Waals surface area (Å²) in [6.07, 6.45) is -0.215. The predicted molar refractivity (Wildman–Crippen MR) is 69.3 cm³/mol. The Balaban J connectivity index is 4.39. The maximum atomic E-state index is 11.9. The van der Waals surface area contributed by atoms with Gasteiger partial charge in [-0.25, -0.2) is 4.79 Å². The molecule has 106 valence electrons. The van der Waals surface area contributed by atoms with Crippen LogP contribution in [-0.2, 0) is 14.3 Å². The number of hydrogen-bond donors (Lipinski definition) is 0. The molecule has 5 heteroatoms. The average Bonchev–Trinajstić information content (AvgIpc) is 2.14. The topological polar surface area (TPSA) is 55.8 Å². The number of carbonyl (C=O) groups is 2. The molecule has 0 aliphatic rings. The van der Waals surface area contributed by atoms with E-state index in [1.807, 2.05) is 34.6 Å². The second kappa shape index (κ2) is 7.24. The molecule has 0 aromatic rings. The van der Waals surface area contributed by atoms with E-state index in [1.165, 1.54) is 4.90 Å². The molecule has 0 saturated heterocycles. The van der Waals surface area contributed by atoms with Crippen LogP contribution < -0.4 is 0 Å². The van der Waals surface area contributed by atoms with E-state index in [4.69, 9.17) is 9.47 Å². The van der Waals surface area contributed by atoms with E-state index in [9.17, 15) is 9.59 Å². The Kier molecular flexibility index (Phi) is 6.73. The maximum Gasteiger partial charge on any atom is 0.410 e. The van der Waals surface area contributed by atoms with Gasteiger partial charge in [0, 0.05) is 12.6 Å². The van der Waals surface area contributed by atoms with E-state index in [0.29, 0.717) is 13.2 Å². The summed E-state index contributed by atoms with van der Waals surface area (Å²) < 4.78 is 10.1. The van der Waals surface area contributed by atoms with Crippen molar-refractivity contribution in [1.82, 2.24) is 4.90 Å². The van der Waals surface area contributed by atoms with Gasteiger partial charge in [0.2, 0.25) is 0 Å². The first-order chi connectivity index (χ1) is 8.17. The van der Waals surface area contributed by atoms with E-state index in [1.54, 1.807) is 6.92 Å². The van der Waals surface area contributed by atoms with Crippen molar-refractivity contribution in [2.75, 3.05) is 13.2 Å². The van der Waals surface area contributed by atoms with Gasteiger partial charge in [0.25, 0.3) is 0 Å². The summed E-state index contributed by atoms with van der Waals surface area (Å²) in [7, 11) is 0. The molecule has 0 saturated carbocycles. The number of carbonyl (C=O) groups excluding carboxylic acids is 2. The molecule has 0 unspecified atom stereocenters. The molecule has 1 amide bonds. The van der Waals surface area contributed by atoms with E-state index in [2.05, 4.69) is 0 Å². The van der Waals surface area contributed by atoms with Gasteiger partial charge in [-0.2, -0.15) is 0 Å². The summed E-state index contributed by atoms with van der Waals surface area (Å²) in [5.41, 5.74) is -0.534. The van der Waals surface area contributed by atoms with Gasteiger partial charge in [-0.1, -0.05) is 0 Å². The fraction of sp³-hybridized carbons (Fsp3) is 0.846. The number of amides is 1. The zero-order chi connectivity index (χ0) is 14.3. The smallest absolute Gasteiger partial charge is 0.410 e. The second-order valence-electron chi connectivity index (χ2n) is 5.32. The molecule has 18 heavy (non-hydrogen) atoms. The molecule has 0 atom stereocenters. The molecular weight excluding hydrogens is 234 g/mol. The van der Waals surface area contributed by atoms with Crippen LogP contribution in [0.3, 0.4) is 0 Å². The SMILES string of the molecule is CCOC(=O)CCN(C(=O)OC(C)(C)C)C(C)C. The molecule has 0 rings (SSSR count). The quantitative estimate of drug-likeness (QED) is 0.712. The lowest BCUT2D eigenvalue weighted by molar-refractivity contribution is -0.143. The molecule has 0 bridgehead atoms. The van der Waals surface area contributed by atoms with Crippen LogP contribution in [0.2, 0.25) is 0 Å². The third kappa shape index (κ3) is 7.14. The summed E-state index contributed by atoms with van der Waals surface area (Å²) in [6, 6.07) is -0.0192. The molecule has 5 nitrogen and oxygen atoms in total. The lowest BCUT2D eigenvalue weighted by Crippen LogP contribution is -2.42. The van der Waals surface area contributed by atoms with Crippen molar-refractivity contribution in [3.63, 3.8) is 0 Å². The summed E-state index contributed by atoms with van der Waals surface area (Å²) in [5, 5.41) is 0. The first-order valence-electron chi connectivity index (χ1n) is 6.32. The molecule has 0 N–H and O–H groups in total. The minimum absolute atomic E-state index is 0.0192. The van der Waals surface area contributed by atoms with Crippen LogP contribution in [0.25, 0.3) is 0 Å². The van der Waals surface area contributed by atoms with Crippen LogP contribution >= 0.6 is 0 Å². The Bertz CT molecular complexity index is 281. The predicted octanol–water partition coefficient (Wildman–Crippen LogP) is 2.59. The molecule has 0 spiro atoms. The summed E-state index contributed by atoms with van der Waals surface area (Å²) in [4.78, 5) is 24.7. The van der Waals surface area contributed by atoms with Gasteiger partial charge in [0.1, 0.15) is 5.60 Å². The van der Waals surface area contributed by atoms with Gasteiger partial charge in [-0.3, -0.25) is 4.79 Å². The number of ether oxygens (including phenoxy) is 2. The van der Waals surface area contributed by atoms with Crippen molar-refractivity contribution >= 4 is 12.1 Å². The van der Waals surface area contributed by atoms with Crippen LogP contribution in [0, 0.1) is 0 Å². The lowest BCUT2D eigenvalue weighted by atomic mass is 10.2. The Morgan fingerprint density at radius 3 is 2.17 bits per heavy atom. The first-order valence-corrected chi connectivity index (χ1v) is 6.32. The van der Waals surface area contributed by atoms with Crippen molar-refractivity contribution in [2.24, 2.45) is 0 Å². The Morgan fingerprint density at radius 2 is 1.78 bits per heavy atom. The fourth-order valence-corrected chi connectivity index (χ4v) is 1.33. The molecule has 0 radical (unpaired) electrons. The van der Waals surface area contributed by atoms with Crippen molar-refractivity contribution < 1.29 is 19.1 Å². The molecule has 0 fully saturated rings. The van der Waals surface area contributed by atoms with Gasteiger partial charge in [-0.15, -0.1) is 0 Å². The summed E-state index contributed by atoms with van der Waals surface area (Å²) in [5.74, 6) is -0.299. The zero-order valence-electron chi connectivity index (χ0n) is 12.3. The van der Waals surface area contributed by atoms with E-state index in [0.717, 1.165) is 0 Å². The number of rotatable bonds is 5. The van der Waals surface area contributed by atoms with Crippen LogP contribution in [0.4, 0.5) is 4.79 Å². The molecular formula is C13H25NO4. The van der Waals surface area contributed by atoms with Gasteiger partial charge in [0.15, 0.2) is 0 Å². The van der Waals surface area contributed by atoms with E-state index in [-0.39, 0.29) is 18.4 Å². The van der Waals surface area contributed by atoms with Crippen LogP contribution in [0.5, 0.6) is 0 Å². The molecule has 0 aromatic heterocycles. The maximum absolute atomic E-state index is 11.9. The van der Waals surface area contributed by atoms with Crippen LogP contribution in [0.15, 0.2) is 0 Å². The van der Waals surface area contributed by atoms with E-state index >= 15 is 0 Å². The van der Waals surface area contributed by atoms with Crippen molar-refractivity contribution in [3.8, 4) is 0 Å². The van der Waals surface area contributed by atoms with Crippen molar-refractivity contribution in [1.29, 1.82) is 0 Å².